The van der Waals surface area contributed by atoms with Gasteiger partial charge >= 0.3 is 0 Å². The normalized spacial score (nSPS) is 16.9. The number of rotatable bonds is 3. The number of carbonyl (C=O) groups is 1. The Morgan fingerprint density at radius 3 is 2.66 bits per heavy atom. The standard InChI is InChI=1S/C22H27N5O.ClH/c1-14-7-6-9-19-20(14)27(18-8-4-5-10-23-13-18)22(25-19)26-21(28)17-11-15(2)24-16(3)12-17;/h6-7,9,11-12,18,23H,4-5,8,10,13H2,1-3H3,(H,25,26,28);1H/t18-;/m1./s1. The Kier molecular flexibility index (Phi) is 6.55. The molecule has 1 fully saturated rings. The molecule has 2 N–H and O–H groups in total. The van der Waals surface area contributed by atoms with E-state index < -0.39 is 0 Å². The van der Waals surface area contributed by atoms with Crippen molar-refractivity contribution in [1.82, 2.24) is 19.9 Å². The molecule has 1 amide bonds. The summed E-state index contributed by atoms with van der Waals surface area (Å²) in [6.45, 7) is 7.83. The molecule has 1 atom stereocenters. The van der Waals surface area contributed by atoms with Gasteiger partial charge in [-0.2, -0.15) is 0 Å². The van der Waals surface area contributed by atoms with E-state index in [0.717, 1.165) is 41.9 Å². The second-order valence-corrected chi connectivity index (χ2v) is 7.69. The van der Waals surface area contributed by atoms with Crippen LogP contribution in [-0.4, -0.2) is 33.5 Å². The van der Waals surface area contributed by atoms with E-state index in [1.165, 1.54) is 18.4 Å². The number of fused-ring (bicyclic) bond motifs is 1. The average Bonchev–Trinajstić information content (AvgIpc) is 2.82. The summed E-state index contributed by atoms with van der Waals surface area (Å²) in [5.74, 6) is 0.472. The predicted molar refractivity (Wildman–Crippen MR) is 119 cm³/mol. The molecule has 0 unspecified atom stereocenters. The Balaban J connectivity index is 0.00000240. The summed E-state index contributed by atoms with van der Waals surface area (Å²) in [7, 11) is 0. The smallest absolute Gasteiger partial charge is 0.258 e. The first kappa shape index (κ1) is 21.3. The molecule has 1 aromatic carbocycles. The van der Waals surface area contributed by atoms with Crippen LogP contribution in [0.3, 0.4) is 0 Å². The maximum Gasteiger partial charge on any atom is 0.258 e. The lowest BCUT2D eigenvalue weighted by atomic mass is 10.1. The molecule has 2 aromatic heterocycles. The number of carbonyl (C=O) groups excluding carboxylic acids is 1. The van der Waals surface area contributed by atoms with Gasteiger partial charge < -0.3 is 9.88 Å². The Hall–Kier alpha value is -2.44. The molecule has 3 aromatic rings. The fourth-order valence-electron chi connectivity index (χ4n) is 4.13. The minimum atomic E-state index is -0.149. The number of nitrogens with zero attached hydrogens (tertiary/aromatic N) is 3. The van der Waals surface area contributed by atoms with Crippen LogP contribution in [0, 0.1) is 20.8 Å². The Bertz CT molecular complexity index is 1000. The largest absolute Gasteiger partial charge is 0.315 e. The highest BCUT2D eigenvalue weighted by molar-refractivity contribution is 6.04. The lowest BCUT2D eigenvalue weighted by Gasteiger charge is -2.21. The molecule has 1 saturated heterocycles. The van der Waals surface area contributed by atoms with Gasteiger partial charge in [-0.1, -0.05) is 18.6 Å². The molecule has 0 saturated carbocycles. The molecule has 6 nitrogen and oxygen atoms in total. The van der Waals surface area contributed by atoms with Crippen molar-refractivity contribution < 1.29 is 4.79 Å². The monoisotopic (exact) mass is 413 g/mol. The number of halogens is 1. The lowest BCUT2D eigenvalue weighted by molar-refractivity contribution is 0.102. The van der Waals surface area contributed by atoms with E-state index in [-0.39, 0.29) is 24.4 Å². The van der Waals surface area contributed by atoms with Crippen LogP contribution in [0.5, 0.6) is 0 Å². The number of nitrogens with one attached hydrogen (secondary N) is 2. The van der Waals surface area contributed by atoms with E-state index in [9.17, 15) is 4.79 Å². The maximum atomic E-state index is 13.0. The van der Waals surface area contributed by atoms with Crippen molar-refractivity contribution in [3.05, 3.63) is 52.8 Å². The number of para-hydroxylation sites is 1. The summed E-state index contributed by atoms with van der Waals surface area (Å²) in [5.41, 5.74) is 5.48. The number of benzene rings is 1. The number of hydrogen-bond donors (Lipinski definition) is 2. The van der Waals surface area contributed by atoms with E-state index in [1.54, 1.807) is 0 Å². The zero-order valence-electron chi connectivity index (χ0n) is 17.2. The zero-order chi connectivity index (χ0) is 19.7. The van der Waals surface area contributed by atoms with Crippen molar-refractivity contribution in [3.63, 3.8) is 0 Å². The van der Waals surface area contributed by atoms with Crippen LogP contribution < -0.4 is 10.6 Å². The van der Waals surface area contributed by atoms with Crippen molar-refractivity contribution in [2.45, 2.75) is 46.1 Å². The predicted octanol–water partition coefficient (Wildman–Crippen LogP) is 4.35. The Labute approximate surface area is 177 Å². The summed E-state index contributed by atoms with van der Waals surface area (Å²) >= 11 is 0. The number of pyridine rings is 1. The third-order valence-corrected chi connectivity index (χ3v) is 5.37. The molecular weight excluding hydrogens is 386 g/mol. The summed E-state index contributed by atoms with van der Waals surface area (Å²) in [5, 5.41) is 6.60. The molecule has 0 spiro atoms. The van der Waals surface area contributed by atoms with Gasteiger partial charge in [0.2, 0.25) is 5.95 Å². The SMILES string of the molecule is Cc1cc(C(=O)Nc2nc3cccc(C)c3n2[C@@H]2CCCCNC2)cc(C)n1.Cl. The summed E-state index contributed by atoms with van der Waals surface area (Å²) in [6, 6.07) is 10.0. The molecule has 1 aliphatic heterocycles. The number of aromatic nitrogens is 3. The first-order valence-corrected chi connectivity index (χ1v) is 9.98. The second kappa shape index (κ2) is 8.93. The Morgan fingerprint density at radius 2 is 1.90 bits per heavy atom. The highest BCUT2D eigenvalue weighted by Gasteiger charge is 2.23. The molecule has 4 rings (SSSR count). The third kappa shape index (κ3) is 4.43. The van der Waals surface area contributed by atoms with Crippen LogP contribution in [0.4, 0.5) is 5.95 Å². The number of amides is 1. The molecule has 0 bridgehead atoms. The van der Waals surface area contributed by atoms with Crippen LogP contribution in [0.1, 0.15) is 52.6 Å². The fourth-order valence-corrected chi connectivity index (χ4v) is 4.13. The Morgan fingerprint density at radius 1 is 1.14 bits per heavy atom. The minimum absolute atomic E-state index is 0. The van der Waals surface area contributed by atoms with Gasteiger partial charge in [0.25, 0.3) is 5.91 Å². The molecule has 0 radical (unpaired) electrons. The van der Waals surface area contributed by atoms with E-state index in [0.29, 0.717) is 11.5 Å². The summed E-state index contributed by atoms with van der Waals surface area (Å²) in [6.07, 6.45) is 3.42. The van der Waals surface area contributed by atoms with Gasteiger partial charge in [0.05, 0.1) is 11.0 Å². The van der Waals surface area contributed by atoms with Crippen molar-refractivity contribution in [2.75, 3.05) is 18.4 Å². The maximum absolute atomic E-state index is 13.0. The van der Waals surface area contributed by atoms with E-state index in [1.807, 2.05) is 38.1 Å². The molecule has 154 valence electrons. The minimum Gasteiger partial charge on any atom is -0.315 e. The molecule has 7 heteroatoms. The van der Waals surface area contributed by atoms with Crippen molar-refractivity contribution in [3.8, 4) is 0 Å². The van der Waals surface area contributed by atoms with E-state index in [4.69, 9.17) is 4.98 Å². The highest BCUT2D eigenvalue weighted by Crippen LogP contribution is 2.30. The van der Waals surface area contributed by atoms with Gasteiger partial charge in [0, 0.05) is 29.5 Å². The van der Waals surface area contributed by atoms with Gasteiger partial charge in [-0.15, -0.1) is 12.4 Å². The van der Waals surface area contributed by atoms with Crippen LogP contribution in [0.25, 0.3) is 11.0 Å². The zero-order valence-corrected chi connectivity index (χ0v) is 18.0. The van der Waals surface area contributed by atoms with E-state index >= 15 is 0 Å². The molecule has 1 aliphatic rings. The van der Waals surface area contributed by atoms with Gasteiger partial charge in [-0.25, -0.2) is 4.98 Å². The highest BCUT2D eigenvalue weighted by atomic mass is 35.5. The van der Waals surface area contributed by atoms with E-state index in [2.05, 4.69) is 33.2 Å². The first-order valence-electron chi connectivity index (χ1n) is 9.98. The van der Waals surface area contributed by atoms with Gasteiger partial charge in [-0.3, -0.25) is 15.1 Å². The van der Waals surface area contributed by atoms with Crippen molar-refractivity contribution >= 4 is 35.3 Å². The molecular formula is C22H28ClN5O. The van der Waals surface area contributed by atoms with Crippen molar-refractivity contribution in [2.24, 2.45) is 0 Å². The second-order valence-electron chi connectivity index (χ2n) is 7.69. The van der Waals surface area contributed by atoms with Crippen molar-refractivity contribution in [1.29, 1.82) is 0 Å². The molecule has 3 heterocycles. The summed E-state index contributed by atoms with van der Waals surface area (Å²) in [4.78, 5) is 22.1. The van der Waals surface area contributed by atoms with Crippen LogP contribution in [0.15, 0.2) is 30.3 Å². The number of anilines is 1. The average molecular weight is 414 g/mol. The van der Waals surface area contributed by atoms with Crippen LogP contribution in [-0.2, 0) is 0 Å². The third-order valence-electron chi connectivity index (χ3n) is 5.37. The van der Waals surface area contributed by atoms with Gasteiger partial charge in [-0.05, 0) is 63.9 Å². The fraction of sp³-hybridized carbons (Fsp3) is 0.409. The number of aryl methyl sites for hydroxylation is 3. The van der Waals surface area contributed by atoms with Crippen LogP contribution in [0.2, 0.25) is 0 Å². The summed E-state index contributed by atoms with van der Waals surface area (Å²) < 4.78 is 2.22. The number of hydrogen-bond acceptors (Lipinski definition) is 4. The van der Waals surface area contributed by atoms with Gasteiger partial charge in [0.15, 0.2) is 0 Å². The lowest BCUT2D eigenvalue weighted by Crippen LogP contribution is -2.25. The number of imidazole rings is 1. The van der Waals surface area contributed by atoms with Crippen LogP contribution >= 0.6 is 12.4 Å². The quantitative estimate of drug-likeness (QED) is 0.669. The first-order chi connectivity index (χ1) is 13.5. The molecule has 29 heavy (non-hydrogen) atoms. The molecule has 0 aliphatic carbocycles. The topological polar surface area (TPSA) is 71.8 Å². The van der Waals surface area contributed by atoms with Gasteiger partial charge in [0.1, 0.15) is 0 Å².